The summed E-state index contributed by atoms with van der Waals surface area (Å²) < 4.78 is 11.2. The molecule has 1 fully saturated rings. The van der Waals surface area contributed by atoms with Gasteiger partial charge in [-0.05, 0) is 50.5 Å². The molecular weight excluding hydrogens is 428 g/mol. The van der Waals surface area contributed by atoms with Crippen molar-refractivity contribution in [3.63, 3.8) is 0 Å². The van der Waals surface area contributed by atoms with Gasteiger partial charge in [0.25, 0.3) is 0 Å². The van der Waals surface area contributed by atoms with Crippen molar-refractivity contribution < 1.29 is 19.1 Å². The summed E-state index contributed by atoms with van der Waals surface area (Å²) in [5, 5.41) is 0. The largest absolute Gasteiger partial charge is 0.494 e. The third-order valence-electron chi connectivity index (χ3n) is 6.58. The second-order valence-corrected chi connectivity index (χ2v) is 9.71. The third-order valence-corrected chi connectivity index (χ3v) is 6.58. The molecule has 6 heteroatoms. The highest BCUT2D eigenvalue weighted by molar-refractivity contribution is 5.91. The predicted molar refractivity (Wildman–Crippen MR) is 138 cm³/mol. The van der Waals surface area contributed by atoms with E-state index in [0.29, 0.717) is 26.2 Å². The normalized spacial score (nSPS) is 15.0. The zero-order chi connectivity index (χ0) is 24.8. The molecule has 6 nitrogen and oxygen atoms in total. The van der Waals surface area contributed by atoms with Gasteiger partial charge in [0.1, 0.15) is 12.4 Å². The maximum atomic E-state index is 12.6. The molecule has 190 valence electrons. The minimum absolute atomic E-state index is 0.0307. The second-order valence-electron chi connectivity index (χ2n) is 9.71. The minimum Gasteiger partial charge on any atom is -0.494 e. The summed E-state index contributed by atoms with van der Waals surface area (Å²) in [4.78, 5) is 28.7. The van der Waals surface area contributed by atoms with Crippen LogP contribution in [0.1, 0.15) is 71.8 Å². The first-order chi connectivity index (χ1) is 16.4. The Hall–Kier alpha value is -2.34. The fourth-order valence-corrected chi connectivity index (χ4v) is 3.64. The van der Waals surface area contributed by atoms with Crippen LogP contribution in [0.4, 0.5) is 0 Å². The van der Waals surface area contributed by atoms with E-state index in [4.69, 9.17) is 9.47 Å². The number of rotatable bonds is 14. The standard InChI is InChI=1S/C28H44N2O4/c1-5-7-8-9-10-22-33-25-14-11-24(12-15-25)13-16-26(31)30-19-17-29(18-20-30)21-23-34-27(32)28(3,4)6-2/h11-16H,5-10,17-23H2,1-4H3/b16-13+. The molecule has 0 saturated carbocycles. The van der Waals surface area contributed by atoms with Crippen molar-refractivity contribution in [2.45, 2.75) is 66.2 Å². The summed E-state index contributed by atoms with van der Waals surface area (Å²) in [6, 6.07) is 7.89. The van der Waals surface area contributed by atoms with Crippen molar-refractivity contribution in [2.24, 2.45) is 5.41 Å². The van der Waals surface area contributed by atoms with Gasteiger partial charge in [0, 0.05) is 38.8 Å². The van der Waals surface area contributed by atoms with E-state index in [0.717, 1.165) is 43.9 Å². The fourth-order valence-electron chi connectivity index (χ4n) is 3.64. The van der Waals surface area contributed by atoms with Crippen molar-refractivity contribution in [3.8, 4) is 5.75 Å². The van der Waals surface area contributed by atoms with E-state index in [1.54, 1.807) is 6.08 Å². The lowest BCUT2D eigenvalue weighted by Crippen LogP contribution is -2.49. The number of ether oxygens (including phenoxy) is 2. The Morgan fingerprint density at radius 1 is 0.941 bits per heavy atom. The molecule has 1 saturated heterocycles. The molecule has 1 aromatic rings. The fraction of sp³-hybridized carbons (Fsp3) is 0.643. The van der Waals surface area contributed by atoms with Gasteiger partial charge in [-0.2, -0.15) is 0 Å². The van der Waals surface area contributed by atoms with E-state index in [9.17, 15) is 9.59 Å². The molecule has 2 rings (SSSR count). The highest BCUT2D eigenvalue weighted by atomic mass is 16.5. The molecule has 34 heavy (non-hydrogen) atoms. The SMILES string of the molecule is CCCCCCCOc1ccc(/C=C/C(=O)N2CCN(CCOC(=O)C(C)(C)CC)CC2)cc1. The topological polar surface area (TPSA) is 59.1 Å². The van der Waals surface area contributed by atoms with Gasteiger partial charge in [0.15, 0.2) is 0 Å². The van der Waals surface area contributed by atoms with Gasteiger partial charge in [-0.1, -0.05) is 51.7 Å². The Labute approximate surface area is 206 Å². The number of benzene rings is 1. The van der Waals surface area contributed by atoms with Gasteiger partial charge in [0.05, 0.1) is 12.0 Å². The van der Waals surface area contributed by atoms with Crippen molar-refractivity contribution in [2.75, 3.05) is 45.9 Å². The molecule has 0 bridgehead atoms. The quantitative estimate of drug-likeness (QED) is 0.212. The predicted octanol–water partition coefficient (Wildman–Crippen LogP) is 5.17. The summed E-state index contributed by atoms with van der Waals surface area (Å²) in [5.41, 5.74) is 0.553. The third kappa shape index (κ3) is 9.88. The molecule has 1 aliphatic rings. The lowest BCUT2D eigenvalue weighted by Gasteiger charge is -2.34. The van der Waals surface area contributed by atoms with E-state index < -0.39 is 5.41 Å². The van der Waals surface area contributed by atoms with Crippen LogP contribution < -0.4 is 4.74 Å². The summed E-state index contributed by atoms with van der Waals surface area (Å²) in [7, 11) is 0. The summed E-state index contributed by atoms with van der Waals surface area (Å²) in [5.74, 6) is 0.762. The highest BCUT2D eigenvalue weighted by Crippen LogP contribution is 2.21. The van der Waals surface area contributed by atoms with Crippen LogP contribution in [0, 0.1) is 5.41 Å². The molecule has 0 aliphatic carbocycles. The molecule has 0 aromatic heterocycles. The van der Waals surface area contributed by atoms with Crippen LogP contribution in [-0.2, 0) is 14.3 Å². The van der Waals surface area contributed by atoms with Gasteiger partial charge < -0.3 is 14.4 Å². The van der Waals surface area contributed by atoms with Gasteiger partial charge in [-0.3, -0.25) is 14.5 Å². The Morgan fingerprint density at radius 2 is 1.62 bits per heavy atom. The molecular formula is C28H44N2O4. The van der Waals surface area contributed by atoms with Crippen molar-refractivity contribution in [1.29, 1.82) is 0 Å². The zero-order valence-electron chi connectivity index (χ0n) is 21.7. The van der Waals surface area contributed by atoms with Crippen LogP contribution in [0.2, 0.25) is 0 Å². The van der Waals surface area contributed by atoms with Crippen LogP contribution in [0.5, 0.6) is 5.75 Å². The number of piperazine rings is 1. The molecule has 0 atom stereocenters. The molecule has 1 heterocycles. The molecule has 0 N–H and O–H groups in total. The van der Waals surface area contributed by atoms with Crippen LogP contribution in [0.3, 0.4) is 0 Å². The first-order valence-corrected chi connectivity index (χ1v) is 12.9. The Bertz CT molecular complexity index is 765. The lowest BCUT2D eigenvalue weighted by molar-refractivity contribution is -0.154. The zero-order valence-corrected chi connectivity index (χ0v) is 21.7. The first kappa shape index (κ1) is 27.9. The number of hydrogen-bond donors (Lipinski definition) is 0. The molecule has 1 aromatic carbocycles. The van der Waals surface area contributed by atoms with Crippen molar-refractivity contribution in [1.82, 2.24) is 9.80 Å². The van der Waals surface area contributed by atoms with Gasteiger partial charge in [-0.25, -0.2) is 0 Å². The van der Waals surface area contributed by atoms with Crippen LogP contribution >= 0.6 is 0 Å². The number of unbranched alkanes of at least 4 members (excludes halogenated alkanes) is 4. The maximum Gasteiger partial charge on any atom is 0.311 e. The van der Waals surface area contributed by atoms with Crippen molar-refractivity contribution in [3.05, 3.63) is 35.9 Å². The number of carbonyl (C=O) groups is 2. The summed E-state index contributed by atoms with van der Waals surface area (Å²) in [6.07, 6.45) is 10.4. The van der Waals surface area contributed by atoms with E-state index in [1.165, 1.54) is 25.7 Å². The number of carbonyl (C=O) groups excluding carboxylic acids is 2. The van der Waals surface area contributed by atoms with E-state index in [1.807, 2.05) is 56.0 Å². The van der Waals surface area contributed by atoms with Crippen LogP contribution in [0.15, 0.2) is 30.3 Å². The number of amides is 1. The summed E-state index contributed by atoms with van der Waals surface area (Å²) in [6.45, 7) is 12.8. The number of hydrogen-bond acceptors (Lipinski definition) is 5. The smallest absolute Gasteiger partial charge is 0.311 e. The Balaban J connectivity index is 1.65. The number of esters is 1. The molecule has 1 aliphatic heterocycles. The van der Waals surface area contributed by atoms with Gasteiger partial charge in [0.2, 0.25) is 5.91 Å². The average Bonchev–Trinajstić information content (AvgIpc) is 2.85. The van der Waals surface area contributed by atoms with Crippen molar-refractivity contribution >= 4 is 18.0 Å². The first-order valence-electron chi connectivity index (χ1n) is 12.9. The van der Waals surface area contributed by atoms with Crippen LogP contribution in [0.25, 0.3) is 6.08 Å². The minimum atomic E-state index is -0.432. The second kappa shape index (κ2) is 14.8. The van der Waals surface area contributed by atoms with Gasteiger partial charge in [-0.15, -0.1) is 0 Å². The average molecular weight is 473 g/mol. The molecule has 1 amide bonds. The monoisotopic (exact) mass is 472 g/mol. The number of nitrogens with zero attached hydrogens (tertiary/aromatic N) is 2. The van der Waals surface area contributed by atoms with E-state index in [-0.39, 0.29) is 11.9 Å². The Kier molecular flexibility index (Phi) is 12.2. The highest BCUT2D eigenvalue weighted by Gasteiger charge is 2.27. The van der Waals surface area contributed by atoms with E-state index in [2.05, 4.69) is 11.8 Å². The van der Waals surface area contributed by atoms with Crippen LogP contribution in [-0.4, -0.2) is 67.6 Å². The van der Waals surface area contributed by atoms with E-state index >= 15 is 0 Å². The molecule has 0 radical (unpaired) electrons. The molecule has 0 unspecified atom stereocenters. The maximum absolute atomic E-state index is 12.6. The molecule has 0 spiro atoms. The summed E-state index contributed by atoms with van der Waals surface area (Å²) >= 11 is 0. The lowest BCUT2D eigenvalue weighted by atomic mass is 9.91. The Morgan fingerprint density at radius 3 is 2.26 bits per heavy atom. The van der Waals surface area contributed by atoms with Gasteiger partial charge >= 0.3 is 5.97 Å².